The van der Waals surface area contributed by atoms with Gasteiger partial charge in [-0.15, -0.1) is 5.10 Å². The van der Waals surface area contributed by atoms with Crippen LogP contribution in [0, 0.1) is 13.8 Å². The number of aryl methyl sites for hydroxylation is 2. The second-order valence-electron chi connectivity index (χ2n) is 4.94. The highest BCUT2D eigenvalue weighted by Crippen LogP contribution is 2.29. The fourth-order valence-electron chi connectivity index (χ4n) is 2.27. The minimum Gasteiger partial charge on any atom is -0.399 e. The van der Waals surface area contributed by atoms with Crippen LogP contribution in [0.2, 0.25) is 5.02 Å². The maximum Gasteiger partial charge on any atom is 0.188 e. The number of nitrogens with two attached hydrogens (primary N) is 1. The Labute approximate surface area is 127 Å². The molecule has 0 aliphatic carbocycles. The number of hydrogen-bond acceptors (Lipinski definition) is 4. The van der Waals surface area contributed by atoms with Gasteiger partial charge in [-0.05, 0) is 54.1 Å². The summed E-state index contributed by atoms with van der Waals surface area (Å²) in [5.74, 6) is 0.590. The fourth-order valence-corrected chi connectivity index (χ4v) is 2.55. The Balaban J connectivity index is 2.17. The van der Waals surface area contributed by atoms with E-state index in [2.05, 4.69) is 21.6 Å². The van der Waals surface area contributed by atoms with Crippen molar-refractivity contribution in [1.82, 2.24) is 20.2 Å². The SMILES string of the molecule is Cc1ccc(-n2nnnc2-c2ccc(N)cc2Cl)c(C)c1. The van der Waals surface area contributed by atoms with E-state index in [1.54, 1.807) is 16.8 Å². The van der Waals surface area contributed by atoms with Crippen LogP contribution in [0.15, 0.2) is 36.4 Å². The molecule has 0 aliphatic heterocycles. The first-order valence-corrected chi connectivity index (χ1v) is 6.85. The van der Waals surface area contributed by atoms with Crippen molar-refractivity contribution in [3.05, 3.63) is 52.5 Å². The van der Waals surface area contributed by atoms with Gasteiger partial charge < -0.3 is 5.73 Å². The van der Waals surface area contributed by atoms with E-state index in [1.807, 2.05) is 32.0 Å². The van der Waals surface area contributed by atoms with E-state index in [0.717, 1.165) is 16.8 Å². The highest BCUT2D eigenvalue weighted by molar-refractivity contribution is 6.33. The summed E-state index contributed by atoms with van der Waals surface area (Å²) in [4.78, 5) is 0. The number of rotatable bonds is 2. The van der Waals surface area contributed by atoms with Gasteiger partial charge >= 0.3 is 0 Å². The summed E-state index contributed by atoms with van der Waals surface area (Å²) < 4.78 is 1.69. The third-order valence-electron chi connectivity index (χ3n) is 3.28. The van der Waals surface area contributed by atoms with E-state index in [-0.39, 0.29) is 0 Å². The molecule has 0 unspecified atom stereocenters. The van der Waals surface area contributed by atoms with Crippen LogP contribution >= 0.6 is 11.6 Å². The number of benzene rings is 2. The lowest BCUT2D eigenvalue weighted by Gasteiger charge is -2.09. The predicted molar refractivity (Wildman–Crippen MR) is 83.5 cm³/mol. The normalized spacial score (nSPS) is 10.8. The number of nitrogens with zero attached hydrogens (tertiary/aromatic N) is 4. The molecule has 3 rings (SSSR count). The van der Waals surface area contributed by atoms with Gasteiger partial charge in [0.1, 0.15) is 0 Å². The van der Waals surface area contributed by atoms with Crippen LogP contribution in [0.5, 0.6) is 0 Å². The molecule has 1 heterocycles. The van der Waals surface area contributed by atoms with Crippen molar-refractivity contribution in [1.29, 1.82) is 0 Å². The zero-order valence-electron chi connectivity index (χ0n) is 11.7. The average molecular weight is 300 g/mol. The summed E-state index contributed by atoms with van der Waals surface area (Å²) in [5, 5.41) is 12.5. The van der Waals surface area contributed by atoms with Gasteiger partial charge in [-0.25, -0.2) is 0 Å². The predicted octanol–water partition coefficient (Wildman–Crippen LogP) is 3.18. The average Bonchev–Trinajstić information content (AvgIpc) is 2.87. The second-order valence-corrected chi connectivity index (χ2v) is 5.35. The van der Waals surface area contributed by atoms with E-state index in [9.17, 15) is 0 Å². The highest BCUT2D eigenvalue weighted by atomic mass is 35.5. The lowest BCUT2D eigenvalue weighted by Crippen LogP contribution is -2.03. The van der Waals surface area contributed by atoms with Gasteiger partial charge in [-0.3, -0.25) is 0 Å². The molecule has 2 N–H and O–H groups in total. The van der Waals surface area contributed by atoms with Gasteiger partial charge in [0, 0.05) is 11.3 Å². The summed E-state index contributed by atoms with van der Waals surface area (Å²) in [7, 11) is 0. The first kappa shape index (κ1) is 13.6. The molecular weight excluding hydrogens is 286 g/mol. The van der Waals surface area contributed by atoms with Crippen molar-refractivity contribution in [2.75, 3.05) is 5.73 Å². The first-order chi connectivity index (χ1) is 10.1. The Bertz CT molecular complexity index is 744. The molecule has 21 heavy (non-hydrogen) atoms. The van der Waals surface area contributed by atoms with E-state index in [0.29, 0.717) is 16.5 Å². The second kappa shape index (κ2) is 5.18. The fraction of sp³-hybridized carbons (Fsp3) is 0.133. The number of nitrogen functional groups attached to an aromatic ring is 1. The van der Waals surface area contributed by atoms with E-state index < -0.39 is 0 Å². The number of halogens is 1. The van der Waals surface area contributed by atoms with Crippen molar-refractivity contribution in [2.24, 2.45) is 0 Å². The molecule has 3 aromatic rings. The smallest absolute Gasteiger partial charge is 0.188 e. The lowest BCUT2D eigenvalue weighted by atomic mass is 10.1. The highest BCUT2D eigenvalue weighted by Gasteiger charge is 2.15. The Kier molecular flexibility index (Phi) is 3.35. The maximum absolute atomic E-state index is 6.26. The summed E-state index contributed by atoms with van der Waals surface area (Å²) in [5.41, 5.74) is 10.3. The molecule has 0 fully saturated rings. The van der Waals surface area contributed by atoms with Crippen molar-refractivity contribution >= 4 is 17.3 Å². The molecule has 1 aromatic heterocycles. The van der Waals surface area contributed by atoms with Gasteiger partial charge in [0.2, 0.25) is 0 Å². The van der Waals surface area contributed by atoms with Crippen LogP contribution in [0.1, 0.15) is 11.1 Å². The van der Waals surface area contributed by atoms with Crippen LogP contribution in [0.25, 0.3) is 17.1 Å². The summed E-state index contributed by atoms with van der Waals surface area (Å²) in [6.07, 6.45) is 0. The maximum atomic E-state index is 6.26. The van der Waals surface area contributed by atoms with Crippen LogP contribution in [-0.4, -0.2) is 20.2 Å². The zero-order valence-corrected chi connectivity index (χ0v) is 12.5. The van der Waals surface area contributed by atoms with Crippen LogP contribution < -0.4 is 5.73 Å². The third-order valence-corrected chi connectivity index (χ3v) is 3.60. The minimum absolute atomic E-state index is 0.524. The van der Waals surface area contributed by atoms with E-state index >= 15 is 0 Å². The summed E-state index contributed by atoms with van der Waals surface area (Å²) >= 11 is 6.26. The number of hydrogen-bond donors (Lipinski definition) is 1. The number of tetrazole rings is 1. The third kappa shape index (κ3) is 2.48. The Hall–Kier alpha value is -2.40. The van der Waals surface area contributed by atoms with Gasteiger partial charge in [0.15, 0.2) is 5.82 Å². The number of anilines is 1. The standard InChI is InChI=1S/C15H14ClN5/c1-9-3-6-14(10(2)7-9)21-15(18-19-20-21)12-5-4-11(17)8-13(12)16/h3-8H,17H2,1-2H3. The topological polar surface area (TPSA) is 69.6 Å². The molecule has 0 spiro atoms. The molecule has 0 saturated carbocycles. The number of aromatic nitrogens is 4. The van der Waals surface area contributed by atoms with Gasteiger partial charge in [0.05, 0.1) is 10.7 Å². The quantitative estimate of drug-likeness (QED) is 0.738. The molecule has 0 aliphatic rings. The molecule has 0 atom stereocenters. The lowest BCUT2D eigenvalue weighted by molar-refractivity contribution is 0.787. The van der Waals surface area contributed by atoms with Crippen molar-refractivity contribution in [2.45, 2.75) is 13.8 Å². The Morgan fingerprint density at radius 2 is 1.90 bits per heavy atom. The van der Waals surface area contributed by atoms with E-state index in [1.165, 1.54) is 5.56 Å². The summed E-state index contributed by atoms with van der Waals surface area (Å²) in [6.45, 7) is 4.08. The molecule has 0 bridgehead atoms. The van der Waals surface area contributed by atoms with Gasteiger partial charge in [-0.1, -0.05) is 29.3 Å². The van der Waals surface area contributed by atoms with Gasteiger partial charge in [0.25, 0.3) is 0 Å². The molecule has 5 nitrogen and oxygen atoms in total. The molecule has 6 heteroatoms. The monoisotopic (exact) mass is 299 g/mol. The Morgan fingerprint density at radius 3 is 2.62 bits per heavy atom. The molecule has 2 aromatic carbocycles. The first-order valence-electron chi connectivity index (χ1n) is 6.47. The van der Waals surface area contributed by atoms with Crippen LogP contribution in [0.3, 0.4) is 0 Å². The largest absolute Gasteiger partial charge is 0.399 e. The molecule has 0 radical (unpaired) electrons. The molecule has 0 saturated heterocycles. The molecule has 0 amide bonds. The summed E-state index contributed by atoms with van der Waals surface area (Å²) in [6, 6.07) is 11.4. The van der Waals surface area contributed by atoms with Crippen molar-refractivity contribution < 1.29 is 0 Å². The molecule has 106 valence electrons. The Morgan fingerprint density at radius 1 is 1.10 bits per heavy atom. The van der Waals surface area contributed by atoms with Gasteiger partial charge in [-0.2, -0.15) is 4.68 Å². The van der Waals surface area contributed by atoms with E-state index in [4.69, 9.17) is 17.3 Å². The van der Waals surface area contributed by atoms with Crippen LogP contribution in [-0.2, 0) is 0 Å². The van der Waals surface area contributed by atoms with Crippen molar-refractivity contribution in [3.63, 3.8) is 0 Å². The van der Waals surface area contributed by atoms with Crippen molar-refractivity contribution in [3.8, 4) is 17.1 Å². The minimum atomic E-state index is 0.524. The zero-order chi connectivity index (χ0) is 15.0. The molecular formula is C15H14ClN5. The van der Waals surface area contributed by atoms with Crippen LogP contribution in [0.4, 0.5) is 5.69 Å².